The van der Waals surface area contributed by atoms with Crippen molar-refractivity contribution in [2.75, 3.05) is 7.11 Å². The molecule has 92 valence electrons. The SMILES string of the molecule is COc1cc(CN=C=O)cc(C(F)(F)F)c1O. The molecular formula is C10H8F3NO3. The number of aliphatic imine (C=N–C) groups is 1. The van der Waals surface area contributed by atoms with Gasteiger partial charge < -0.3 is 9.84 Å². The fraction of sp³-hybridized carbons (Fsp3) is 0.300. The predicted octanol–water partition coefficient (Wildman–Crippen LogP) is 2.26. The van der Waals surface area contributed by atoms with Crippen molar-refractivity contribution in [3.8, 4) is 11.5 Å². The van der Waals surface area contributed by atoms with Gasteiger partial charge in [0.1, 0.15) is 5.56 Å². The number of benzene rings is 1. The van der Waals surface area contributed by atoms with Crippen molar-refractivity contribution < 1.29 is 27.8 Å². The Balaban J connectivity index is 3.33. The van der Waals surface area contributed by atoms with Crippen LogP contribution in [0.4, 0.5) is 13.2 Å². The van der Waals surface area contributed by atoms with E-state index in [0.717, 1.165) is 7.11 Å². The Bertz CT molecular complexity index is 465. The van der Waals surface area contributed by atoms with Crippen molar-refractivity contribution >= 4 is 6.08 Å². The summed E-state index contributed by atoms with van der Waals surface area (Å²) in [5.41, 5.74) is -1.14. The minimum atomic E-state index is -4.71. The van der Waals surface area contributed by atoms with E-state index in [0.29, 0.717) is 6.07 Å². The molecule has 1 aromatic rings. The molecule has 0 aliphatic heterocycles. The molecule has 0 spiro atoms. The van der Waals surface area contributed by atoms with Gasteiger partial charge >= 0.3 is 6.18 Å². The number of rotatable bonds is 3. The average Bonchev–Trinajstić information content (AvgIpc) is 2.26. The van der Waals surface area contributed by atoms with Crippen LogP contribution < -0.4 is 4.74 Å². The molecule has 0 bridgehead atoms. The van der Waals surface area contributed by atoms with Crippen molar-refractivity contribution in [3.05, 3.63) is 23.3 Å². The zero-order chi connectivity index (χ0) is 13.1. The number of halogens is 3. The molecule has 0 fully saturated rings. The van der Waals surface area contributed by atoms with Crippen molar-refractivity contribution in [1.82, 2.24) is 0 Å². The molecule has 0 atom stereocenters. The highest BCUT2D eigenvalue weighted by Gasteiger charge is 2.35. The molecule has 1 rings (SSSR count). The Hall–Kier alpha value is -2.01. The topological polar surface area (TPSA) is 58.9 Å². The van der Waals surface area contributed by atoms with Crippen LogP contribution in [-0.4, -0.2) is 18.3 Å². The van der Waals surface area contributed by atoms with Gasteiger partial charge in [0.15, 0.2) is 11.5 Å². The Labute approximate surface area is 94.4 Å². The normalized spacial score (nSPS) is 10.8. The van der Waals surface area contributed by atoms with E-state index < -0.39 is 17.5 Å². The number of nitrogens with zero attached hydrogens (tertiary/aromatic N) is 1. The van der Waals surface area contributed by atoms with Crippen LogP contribution in [0, 0.1) is 0 Å². The number of carbonyl (C=O) groups excluding carboxylic acids is 1. The highest BCUT2D eigenvalue weighted by Crippen LogP contribution is 2.41. The summed E-state index contributed by atoms with van der Waals surface area (Å²) in [6, 6.07) is 1.88. The molecule has 4 nitrogen and oxygen atoms in total. The lowest BCUT2D eigenvalue weighted by Gasteiger charge is -2.13. The standard InChI is InChI=1S/C10H8F3NO3/c1-17-8-3-6(4-14-5-15)2-7(9(8)16)10(11,12)13/h2-3,16H,4H2,1H3. The van der Waals surface area contributed by atoms with Crippen molar-refractivity contribution in [1.29, 1.82) is 0 Å². The molecule has 0 unspecified atom stereocenters. The summed E-state index contributed by atoms with van der Waals surface area (Å²) >= 11 is 0. The quantitative estimate of drug-likeness (QED) is 0.658. The molecule has 0 saturated carbocycles. The molecule has 0 aromatic heterocycles. The van der Waals surface area contributed by atoms with Crippen LogP contribution in [0.1, 0.15) is 11.1 Å². The van der Waals surface area contributed by atoms with Gasteiger partial charge in [-0.05, 0) is 17.7 Å². The van der Waals surface area contributed by atoms with Gasteiger partial charge in [-0.15, -0.1) is 0 Å². The number of isocyanates is 1. The highest BCUT2D eigenvalue weighted by molar-refractivity contribution is 5.50. The lowest BCUT2D eigenvalue weighted by molar-refractivity contribution is -0.138. The Kier molecular flexibility index (Phi) is 3.75. The van der Waals surface area contributed by atoms with Crippen LogP contribution in [0.25, 0.3) is 0 Å². The molecule has 1 N–H and O–H groups in total. The fourth-order valence-electron chi connectivity index (χ4n) is 1.25. The molecule has 1 aromatic carbocycles. The number of hydrogen-bond acceptors (Lipinski definition) is 4. The number of methoxy groups -OCH3 is 1. The molecule has 7 heteroatoms. The number of aromatic hydroxyl groups is 1. The second-order valence-corrected chi connectivity index (χ2v) is 3.10. The summed E-state index contributed by atoms with van der Waals surface area (Å²) in [7, 11) is 1.13. The molecule has 0 radical (unpaired) electrons. The first-order chi connectivity index (χ1) is 7.90. The first-order valence-corrected chi connectivity index (χ1v) is 4.41. The van der Waals surface area contributed by atoms with E-state index in [1.165, 1.54) is 12.1 Å². The molecule has 17 heavy (non-hydrogen) atoms. The zero-order valence-corrected chi connectivity index (χ0v) is 8.71. The van der Waals surface area contributed by atoms with Gasteiger partial charge in [0.25, 0.3) is 0 Å². The number of hydrogen-bond donors (Lipinski definition) is 1. The third-order valence-corrected chi connectivity index (χ3v) is 1.99. The Morgan fingerprint density at radius 3 is 2.59 bits per heavy atom. The third-order valence-electron chi connectivity index (χ3n) is 1.99. The van der Waals surface area contributed by atoms with Crippen LogP contribution in [0.3, 0.4) is 0 Å². The second kappa shape index (κ2) is 4.88. The first kappa shape index (κ1) is 13.1. The molecule has 0 heterocycles. The highest BCUT2D eigenvalue weighted by atomic mass is 19.4. The summed E-state index contributed by atoms with van der Waals surface area (Å²) < 4.78 is 42.2. The summed E-state index contributed by atoms with van der Waals surface area (Å²) in [6.45, 7) is -0.261. The first-order valence-electron chi connectivity index (χ1n) is 4.41. The van der Waals surface area contributed by atoms with Gasteiger partial charge in [-0.3, -0.25) is 0 Å². The molecule has 0 aliphatic carbocycles. The van der Waals surface area contributed by atoms with E-state index in [9.17, 15) is 23.1 Å². The van der Waals surface area contributed by atoms with Gasteiger partial charge in [0.2, 0.25) is 6.08 Å². The molecule has 0 amide bonds. The molecular weight excluding hydrogens is 239 g/mol. The smallest absolute Gasteiger partial charge is 0.420 e. The van der Waals surface area contributed by atoms with Crippen LogP contribution in [0.5, 0.6) is 11.5 Å². The summed E-state index contributed by atoms with van der Waals surface area (Å²) in [6.07, 6.45) is -3.49. The number of ether oxygens (including phenoxy) is 1. The van der Waals surface area contributed by atoms with Gasteiger partial charge in [-0.1, -0.05) is 0 Å². The van der Waals surface area contributed by atoms with Crippen LogP contribution in [0.15, 0.2) is 17.1 Å². The fourth-order valence-corrected chi connectivity index (χ4v) is 1.25. The Morgan fingerprint density at radius 1 is 1.47 bits per heavy atom. The minimum Gasteiger partial charge on any atom is -0.504 e. The van der Waals surface area contributed by atoms with Crippen LogP contribution in [-0.2, 0) is 17.5 Å². The van der Waals surface area contributed by atoms with E-state index in [1.807, 2.05) is 0 Å². The monoisotopic (exact) mass is 247 g/mol. The number of phenols is 1. The minimum absolute atomic E-state index is 0.0929. The molecule has 0 saturated heterocycles. The van der Waals surface area contributed by atoms with Crippen LogP contribution in [0.2, 0.25) is 0 Å². The second-order valence-electron chi connectivity index (χ2n) is 3.10. The van der Waals surface area contributed by atoms with Crippen molar-refractivity contribution in [2.24, 2.45) is 4.99 Å². The van der Waals surface area contributed by atoms with Gasteiger partial charge in [0.05, 0.1) is 13.7 Å². The van der Waals surface area contributed by atoms with Gasteiger partial charge in [0, 0.05) is 0 Å². The maximum Gasteiger partial charge on any atom is 0.420 e. The maximum absolute atomic E-state index is 12.5. The zero-order valence-electron chi connectivity index (χ0n) is 8.71. The molecule has 0 aliphatic rings. The van der Waals surface area contributed by atoms with Crippen LogP contribution >= 0.6 is 0 Å². The lowest BCUT2D eigenvalue weighted by Crippen LogP contribution is -2.07. The van der Waals surface area contributed by atoms with E-state index in [-0.39, 0.29) is 17.9 Å². The maximum atomic E-state index is 12.5. The Morgan fingerprint density at radius 2 is 2.12 bits per heavy atom. The van der Waals surface area contributed by atoms with Gasteiger partial charge in [-0.25, -0.2) is 9.79 Å². The van der Waals surface area contributed by atoms with E-state index in [4.69, 9.17) is 0 Å². The van der Waals surface area contributed by atoms with Crippen molar-refractivity contribution in [3.63, 3.8) is 0 Å². The average molecular weight is 247 g/mol. The summed E-state index contributed by atoms with van der Waals surface area (Å²) in [5, 5.41) is 9.32. The van der Waals surface area contributed by atoms with E-state index in [2.05, 4.69) is 9.73 Å². The summed E-state index contributed by atoms with van der Waals surface area (Å²) in [4.78, 5) is 13.0. The van der Waals surface area contributed by atoms with E-state index >= 15 is 0 Å². The largest absolute Gasteiger partial charge is 0.504 e. The number of phenolic OH excluding ortho intramolecular Hbond substituents is 1. The predicted molar refractivity (Wildman–Crippen MR) is 51.5 cm³/mol. The summed E-state index contributed by atoms with van der Waals surface area (Å²) in [5.74, 6) is -1.31. The number of alkyl halides is 3. The van der Waals surface area contributed by atoms with Crippen molar-refractivity contribution in [2.45, 2.75) is 12.7 Å². The van der Waals surface area contributed by atoms with Gasteiger partial charge in [-0.2, -0.15) is 13.2 Å². The van der Waals surface area contributed by atoms with E-state index in [1.54, 1.807) is 0 Å². The third kappa shape index (κ3) is 2.98. The lowest BCUT2D eigenvalue weighted by atomic mass is 10.1.